The Balaban J connectivity index is 0.00000341. The van der Waals surface area contributed by atoms with Crippen LogP contribution in [-0.4, -0.2) is 49.6 Å². The van der Waals surface area contributed by atoms with Crippen LogP contribution >= 0.6 is 0 Å². The number of urea groups is 1. The second-order valence-electron chi connectivity index (χ2n) is 7.54. The van der Waals surface area contributed by atoms with Gasteiger partial charge in [0.05, 0.1) is 24.5 Å². The van der Waals surface area contributed by atoms with Gasteiger partial charge in [-0.15, -0.1) is 0 Å². The average molecular weight is 417 g/mol. The maximum Gasteiger partial charge on any atom is 0.320 e. The molecule has 1 aromatic carbocycles. The Labute approximate surface area is 181 Å². The Morgan fingerprint density at radius 1 is 1.43 bits per heavy atom. The van der Waals surface area contributed by atoms with E-state index in [2.05, 4.69) is 33.2 Å². The summed E-state index contributed by atoms with van der Waals surface area (Å²) in [5, 5.41) is 20.3. The molecule has 0 bridgehead atoms. The highest BCUT2D eigenvalue weighted by Gasteiger charge is 2.19. The average Bonchev–Trinajstić information content (AvgIpc) is 2.75. The number of ether oxygens (including phenoxy) is 1. The highest BCUT2D eigenvalue weighted by molar-refractivity contribution is 5.92. The second-order valence-corrected chi connectivity index (χ2v) is 7.54. The minimum Gasteiger partial charge on any atom is -0.382 e. The monoisotopic (exact) mass is 416 g/mol. The fourth-order valence-electron chi connectivity index (χ4n) is 3.65. The number of nitrogens with one attached hydrogen (secondary N) is 5. The van der Waals surface area contributed by atoms with Gasteiger partial charge >= 0.3 is 6.03 Å². The van der Waals surface area contributed by atoms with Crippen LogP contribution in [0, 0.1) is 5.41 Å². The number of pyridine rings is 1. The molecule has 0 spiro atoms. The summed E-state index contributed by atoms with van der Waals surface area (Å²) in [4.78, 5) is 16.9. The number of benzene rings is 1. The molecule has 0 saturated carbocycles. The van der Waals surface area contributed by atoms with Crippen LogP contribution in [0.3, 0.4) is 0 Å². The van der Waals surface area contributed by atoms with Gasteiger partial charge in [-0.25, -0.2) is 9.78 Å². The SMILES string of the molecule is COC[C@@H](NC(=O)Nc1cc(C=N)c(NC2CCNC(C)C2)cn1)c1ccccc1.[HH].[HH].[HH]. The summed E-state index contributed by atoms with van der Waals surface area (Å²) >= 11 is 0. The lowest BCUT2D eigenvalue weighted by atomic mass is 10.00. The largest absolute Gasteiger partial charge is 0.382 e. The number of piperidine rings is 1. The summed E-state index contributed by atoms with van der Waals surface area (Å²) in [6.07, 6.45) is 4.98. The summed E-state index contributed by atoms with van der Waals surface area (Å²) in [6.45, 7) is 3.49. The standard InChI is InChI=1S/C22H30N6O2.3H2/c1-15-10-18(8-9-24-15)26-19-13-25-21(11-17(19)12-23)28-22(29)27-20(14-30-2)16-6-4-3-5-7-16;;;/h3-7,11-13,15,18,20,23-24,26H,8-10,14H2,1-2H3,(H2,25,27,28,29);3*1H/t15?,18?,20-;;;/m1.../s1. The van der Waals surface area contributed by atoms with Gasteiger partial charge in [-0.05, 0) is 37.9 Å². The molecule has 30 heavy (non-hydrogen) atoms. The van der Waals surface area contributed by atoms with E-state index in [1.54, 1.807) is 19.4 Å². The fourth-order valence-corrected chi connectivity index (χ4v) is 3.65. The van der Waals surface area contributed by atoms with E-state index in [1.165, 1.54) is 6.21 Å². The van der Waals surface area contributed by atoms with Gasteiger partial charge in [-0.2, -0.15) is 0 Å². The minimum absolute atomic E-state index is 0. The molecule has 2 amide bonds. The molecule has 0 aliphatic carbocycles. The summed E-state index contributed by atoms with van der Waals surface area (Å²) in [5.74, 6) is 0.388. The van der Waals surface area contributed by atoms with Crippen molar-refractivity contribution in [2.75, 3.05) is 30.9 Å². The van der Waals surface area contributed by atoms with Crippen molar-refractivity contribution in [3.63, 3.8) is 0 Å². The number of nitrogens with zero attached hydrogens (tertiary/aromatic N) is 1. The molecule has 1 aromatic heterocycles. The number of anilines is 2. The second kappa shape index (κ2) is 10.7. The molecule has 1 fully saturated rings. The maximum absolute atomic E-state index is 12.5. The Morgan fingerprint density at radius 2 is 2.23 bits per heavy atom. The third-order valence-electron chi connectivity index (χ3n) is 5.16. The lowest BCUT2D eigenvalue weighted by Gasteiger charge is -2.29. The normalized spacial score (nSPS) is 19.5. The lowest BCUT2D eigenvalue weighted by molar-refractivity contribution is 0.168. The van der Waals surface area contributed by atoms with Gasteiger partial charge in [0.1, 0.15) is 5.82 Å². The van der Waals surface area contributed by atoms with Crippen molar-refractivity contribution in [1.82, 2.24) is 15.6 Å². The van der Waals surface area contributed by atoms with Crippen molar-refractivity contribution in [1.29, 1.82) is 5.41 Å². The summed E-state index contributed by atoms with van der Waals surface area (Å²) < 4.78 is 5.24. The molecular formula is C22H36N6O2. The van der Waals surface area contributed by atoms with E-state index in [1.807, 2.05) is 30.3 Å². The van der Waals surface area contributed by atoms with E-state index in [9.17, 15) is 4.79 Å². The molecule has 3 rings (SSSR count). The van der Waals surface area contributed by atoms with Gasteiger partial charge < -0.3 is 26.1 Å². The summed E-state index contributed by atoms with van der Waals surface area (Å²) in [5.41, 5.74) is 2.44. The Bertz CT molecular complexity index is 859. The summed E-state index contributed by atoms with van der Waals surface area (Å²) in [6, 6.07) is 11.5. The first kappa shape index (κ1) is 21.7. The molecule has 1 aliphatic heterocycles. The van der Waals surface area contributed by atoms with Crippen molar-refractivity contribution < 1.29 is 13.8 Å². The number of carbonyl (C=O) groups is 1. The fraction of sp³-hybridized carbons (Fsp3) is 0.409. The van der Waals surface area contributed by atoms with Crippen molar-refractivity contribution in [3.8, 4) is 0 Å². The van der Waals surface area contributed by atoms with E-state index in [-0.39, 0.29) is 16.4 Å². The van der Waals surface area contributed by atoms with Gasteiger partial charge in [-0.1, -0.05) is 30.3 Å². The topological polar surface area (TPSA) is 111 Å². The number of aromatic nitrogens is 1. The van der Waals surface area contributed by atoms with Crippen LogP contribution < -0.4 is 21.3 Å². The molecule has 2 heterocycles. The lowest BCUT2D eigenvalue weighted by Crippen LogP contribution is -2.41. The predicted octanol–water partition coefficient (Wildman–Crippen LogP) is 3.88. The smallest absolute Gasteiger partial charge is 0.320 e. The first-order valence-electron chi connectivity index (χ1n) is 10.2. The number of methoxy groups -OCH3 is 1. The quantitative estimate of drug-likeness (QED) is 0.419. The molecule has 166 valence electrons. The highest BCUT2D eigenvalue weighted by atomic mass is 16.5. The molecule has 5 N–H and O–H groups in total. The van der Waals surface area contributed by atoms with Crippen LogP contribution in [0.1, 0.15) is 41.2 Å². The third kappa shape index (κ3) is 6.01. The first-order chi connectivity index (χ1) is 14.6. The molecule has 3 atom stereocenters. The van der Waals surface area contributed by atoms with E-state index < -0.39 is 0 Å². The van der Waals surface area contributed by atoms with E-state index in [4.69, 9.17) is 10.1 Å². The van der Waals surface area contributed by atoms with E-state index >= 15 is 0 Å². The van der Waals surface area contributed by atoms with Crippen LogP contribution in [0.2, 0.25) is 0 Å². The first-order valence-corrected chi connectivity index (χ1v) is 10.2. The minimum atomic E-state index is -0.378. The van der Waals surface area contributed by atoms with Crippen molar-refractivity contribution >= 4 is 23.8 Å². The molecule has 1 aliphatic rings. The molecule has 8 nitrogen and oxygen atoms in total. The summed E-state index contributed by atoms with van der Waals surface area (Å²) in [7, 11) is 1.60. The number of hydrogen-bond acceptors (Lipinski definition) is 6. The number of carbonyl (C=O) groups excluding carboxylic acids is 1. The van der Waals surface area contributed by atoms with Crippen molar-refractivity contribution in [2.45, 2.75) is 37.9 Å². The van der Waals surface area contributed by atoms with Crippen LogP contribution in [0.25, 0.3) is 0 Å². The van der Waals surface area contributed by atoms with Gasteiger partial charge in [0.25, 0.3) is 0 Å². The zero-order valence-corrected chi connectivity index (χ0v) is 17.4. The molecule has 8 heteroatoms. The Morgan fingerprint density at radius 3 is 2.93 bits per heavy atom. The third-order valence-corrected chi connectivity index (χ3v) is 5.16. The number of hydrogen-bond donors (Lipinski definition) is 5. The molecular weight excluding hydrogens is 380 g/mol. The maximum atomic E-state index is 12.5. The number of rotatable bonds is 8. The van der Waals surface area contributed by atoms with Crippen molar-refractivity contribution in [3.05, 3.63) is 53.7 Å². The van der Waals surface area contributed by atoms with Crippen LogP contribution in [0.4, 0.5) is 16.3 Å². The molecule has 2 aromatic rings. The van der Waals surface area contributed by atoms with E-state index in [0.717, 1.165) is 30.6 Å². The molecule has 1 saturated heterocycles. The van der Waals surface area contributed by atoms with Crippen molar-refractivity contribution in [2.24, 2.45) is 0 Å². The zero-order chi connectivity index (χ0) is 21.3. The van der Waals surface area contributed by atoms with Gasteiger partial charge in [0.15, 0.2) is 0 Å². The van der Waals surface area contributed by atoms with Crippen LogP contribution in [0.5, 0.6) is 0 Å². The van der Waals surface area contributed by atoms with Crippen LogP contribution in [-0.2, 0) is 4.74 Å². The van der Waals surface area contributed by atoms with Gasteiger partial charge in [0.2, 0.25) is 0 Å². The van der Waals surface area contributed by atoms with E-state index in [0.29, 0.717) is 30.1 Å². The highest BCUT2D eigenvalue weighted by Crippen LogP contribution is 2.21. The zero-order valence-electron chi connectivity index (χ0n) is 17.4. The van der Waals surface area contributed by atoms with Crippen LogP contribution in [0.15, 0.2) is 42.6 Å². The van der Waals surface area contributed by atoms with Gasteiger partial charge in [0, 0.05) is 35.3 Å². The molecule has 2 unspecified atom stereocenters. The Hall–Kier alpha value is -2.97. The number of amides is 2. The molecule has 0 radical (unpaired) electrons. The Kier molecular flexibility index (Phi) is 7.75. The van der Waals surface area contributed by atoms with Gasteiger partial charge in [-0.3, -0.25) is 5.32 Å². The predicted molar refractivity (Wildman–Crippen MR) is 126 cm³/mol.